The van der Waals surface area contributed by atoms with Crippen LogP contribution in [0.1, 0.15) is 63.5 Å². The van der Waals surface area contributed by atoms with E-state index in [4.69, 9.17) is 27.9 Å². The number of nitrogens with one attached hydrogen (secondary N) is 1. The van der Waals surface area contributed by atoms with Crippen molar-refractivity contribution in [2.24, 2.45) is 0 Å². The lowest BCUT2D eigenvalue weighted by molar-refractivity contribution is -0.143. The van der Waals surface area contributed by atoms with Crippen LogP contribution in [0.2, 0.25) is 10.0 Å². The number of nitrogens with zero attached hydrogens (tertiary/aromatic N) is 1. The fourth-order valence-corrected chi connectivity index (χ4v) is 5.48. The molecule has 1 atom stereocenters. The third-order valence-electron chi connectivity index (χ3n) is 6.48. The Bertz CT molecular complexity index is 1010. The number of hydrogen-bond donors (Lipinski definition) is 1. The number of aryl methyl sites for hydroxylation is 1. The molecule has 1 aliphatic rings. The minimum atomic E-state index is -0.661. The normalized spacial score (nSPS) is 14.9. The molecule has 0 radical (unpaired) electrons. The molecule has 2 amide bonds. The second-order valence-corrected chi connectivity index (χ2v) is 10.6. The molecule has 190 valence electrons. The summed E-state index contributed by atoms with van der Waals surface area (Å²) in [5, 5.41) is 4.08. The van der Waals surface area contributed by atoms with Crippen molar-refractivity contribution in [2.75, 3.05) is 6.61 Å². The molecule has 0 bridgehead atoms. The number of carbonyl (C=O) groups is 2. The largest absolute Gasteiger partial charge is 0.483 e. The zero-order chi connectivity index (χ0) is 25.4. The average Bonchev–Trinajstić information content (AvgIpc) is 2.85. The van der Waals surface area contributed by atoms with Crippen LogP contribution in [-0.2, 0) is 22.6 Å². The maximum atomic E-state index is 13.5. The number of halogens is 3. The number of carbonyl (C=O) groups excluding carboxylic acids is 2. The van der Waals surface area contributed by atoms with Crippen molar-refractivity contribution in [3.63, 3.8) is 0 Å². The van der Waals surface area contributed by atoms with E-state index in [2.05, 4.69) is 28.2 Å². The van der Waals surface area contributed by atoms with Crippen molar-refractivity contribution >= 4 is 50.9 Å². The fraction of sp³-hybridized carbons (Fsp3) is 0.481. The number of amides is 2. The molecule has 35 heavy (non-hydrogen) atoms. The third kappa shape index (κ3) is 7.61. The van der Waals surface area contributed by atoms with E-state index < -0.39 is 6.04 Å². The Kier molecular flexibility index (Phi) is 10.7. The van der Waals surface area contributed by atoms with Crippen LogP contribution in [0.3, 0.4) is 0 Å². The van der Waals surface area contributed by atoms with Crippen LogP contribution < -0.4 is 10.1 Å². The SMILES string of the molecule is CCc1ccc(OCC(=O)N(Cc2c(Cl)cccc2Cl)[C@@H](CC)C(=O)NC2CCCCC2)c(Br)c1. The molecule has 0 unspecified atom stereocenters. The van der Waals surface area contributed by atoms with Gasteiger partial charge in [-0.05, 0) is 71.4 Å². The Morgan fingerprint density at radius 2 is 1.80 bits per heavy atom. The highest BCUT2D eigenvalue weighted by molar-refractivity contribution is 9.10. The van der Waals surface area contributed by atoms with Crippen molar-refractivity contribution in [3.05, 3.63) is 62.0 Å². The molecule has 3 rings (SSSR count). The molecule has 1 N–H and O–H groups in total. The van der Waals surface area contributed by atoms with Crippen LogP contribution in [0.5, 0.6) is 5.75 Å². The number of rotatable bonds is 10. The smallest absolute Gasteiger partial charge is 0.261 e. The summed E-state index contributed by atoms with van der Waals surface area (Å²) in [7, 11) is 0. The molecular weight excluding hydrogens is 551 g/mol. The summed E-state index contributed by atoms with van der Waals surface area (Å²) in [5.74, 6) is 0.119. The zero-order valence-corrected chi connectivity index (χ0v) is 23.4. The van der Waals surface area contributed by atoms with Gasteiger partial charge in [-0.25, -0.2) is 0 Å². The van der Waals surface area contributed by atoms with Crippen molar-refractivity contribution in [3.8, 4) is 5.75 Å². The van der Waals surface area contributed by atoms with Crippen molar-refractivity contribution in [2.45, 2.75) is 77.4 Å². The van der Waals surface area contributed by atoms with Crippen LogP contribution in [0.15, 0.2) is 40.9 Å². The Labute approximate surface area is 226 Å². The monoisotopic (exact) mass is 582 g/mol. The van der Waals surface area contributed by atoms with Crippen molar-refractivity contribution in [1.82, 2.24) is 10.2 Å². The predicted octanol–water partition coefficient (Wildman–Crippen LogP) is 6.95. The van der Waals surface area contributed by atoms with Gasteiger partial charge in [0.15, 0.2) is 6.61 Å². The van der Waals surface area contributed by atoms with Crippen LogP contribution in [0, 0.1) is 0 Å². The van der Waals surface area contributed by atoms with Gasteiger partial charge in [0, 0.05) is 28.2 Å². The van der Waals surface area contributed by atoms with Crippen LogP contribution >= 0.6 is 39.1 Å². The van der Waals surface area contributed by atoms with Gasteiger partial charge in [-0.15, -0.1) is 0 Å². The van der Waals surface area contributed by atoms with Gasteiger partial charge < -0.3 is 15.0 Å². The first-order valence-corrected chi connectivity index (χ1v) is 13.8. The molecule has 0 saturated heterocycles. The van der Waals surface area contributed by atoms with Crippen molar-refractivity contribution in [1.29, 1.82) is 0 Å². The fourth-order valence-electron chi connectivity index (χ4n) is 4.42. The number of ether oxygens (including phenoxy) is 1. The summed E-state index contributed by atoms with van der Waals surface area (Å²) in [4.78, 5) is 28.4. The summed E-state index contributed by atoms with van der Waals surface area (Å²) in [5.41, 5.74) is 1.78. The quantitative estimate of drug-likeness (QED) is 0.329. The molecule has 0 heterocycles. The number of hydrogen-bond acceptors (Lipinski definition) is 3. The summed E-state index contributed by atoms with van der Waals surface area (Å²) >= 11 is 16.4. The summed E-state index contributed by atoms with van der Waals surface area (Å²) in [6.07, 6.45) is 6.72. The van der Waals surface area contributed by atoms with E-state index >= 15 is 0 Å². The van der Waals surface area contributed by atoms with Crippen molar-refractivity contribution < 1.29 is 14.3 Å². The lowest BCUT2D eigenvalue weighted by Gasteiger charge is -2.33. The van der Waals surface area contributed by atoms with Gasteiger partial charge in [-0.2, -0.15) is 0 Å². The van der Waals surface area contributed by atoms with E-state index in [-0.39, 0.29) is 31.0 Å². The van der Waals surface area contributed by atoms with E-state index in [1.165, 1.54) is 6.42 Å². The van der Waals surface area contributed by atoms with Gasteiger partial charge in [0.2, 0.25) is 5.91 Å². The van der Waals surface area contributed by atoms with Gasteiger partial charge in [0.05, 0.1) is 4.47 Å². The Hall–Kier alpha value is -1.76. The molecule has 0 spiro atoms. The van der Waals surface area contributed by atoms with Gasteiger partial charge in [-0.3, -0.25) is 9.59 Å². The summed E-state index contributed by atoms with van der Waals surface area (Å²) in [6.45, 7) is 3.89. The molecule has 1 fully saturated rings. The van der Waals surface area contributed by atoms with E-state index in [0.717, 1.165) is 42.1 Å². The van der Waals surface area contributed by atoms with Crippen LogP contribution in [-0.4, -0.2) is 35.4 Å². The van der Waals surface area contributed by atoms with E-state index in [1.54, 1.807) is 23.1 Å². The first-order chi connectivity index (χ1) is 16.8. The topological polar surface area (TPSA) is 58.6 Å². The van der Waals surface area contributed by atoms with Crippen LogP contribution in [0.4, 0.5) is 0 Å². The van der Waals surface area contributed by atoms with E-state index in [0.29, 0.717) is 27.8 Å². The molecule has 1 saturated carbocycles. The van der Waals surface area contributed by atoms with E-state index in [9.17, 15) is 9.59 Å². The average molecular weight is 584 g/mol. The summed E-state index contributed by atoms with van der Waals surface area (Å²) in [6, 6.07) is 10.5. The highest BCUT2D eigenvalue weighted by Gasteiger charge is 2.31. The lowest BCUT2D eigenvalue weighted by Crippen LogP contribution is -2.52. The molecule has 0 aliphatic heterocycles. The minimum absolute atomic E-state index is 0.118. The molecule has 2 aromatic rings. The highest BCUT2D eigenvalue weighted by Crippen LogP contribution is 2.29. The number of benzene rings is 2. The van der Waals surface area contributed by atoms with Gasteiger partial charge in [0.1, 0.15) is 11.8 Å². The lowest BCUT2D eigenvalue weighted by atomic mass is 9.95. The Balaban J connectivity index is 1.81. The van der Waals surface area contributed by atoms with Crippen LogP contribution in [0.25, 0.3) is 0 Å². The van der Waals surface area contributed by atoms with Gasteiger partial charge in [-0.1, -0.05) is 68.4 Å². The maximum Gasteiger partial charge on any atom is 0.261 e. The third-order valence-corrected chi connectivity index (χ3v) is 7.81. The Morgan fingerprint density at radius 1 is 1.11 bits per heavy atom. The molecular formula is C27H33BrCl2N2O3. The van der Waals surface area contributed by atoms with Gasteiger partial charge in [0.25, 0.3) is 5.91 Å². The zero-order valence-electron chi connectivity index (χ0n) is 20.3. The molecule has 1 aliphatic carbocycles. The first kappa shape index (κ1) is 27.8. The first-order valence-electron chi connectivity index (χ1n) is 12.3. The molecule has 5 nitrogen and oxygen atoms in total. The Morgan fingerprint density at radius 3 is 2.40 bits per heavy atom. The summed E-state index contributed by atoms with van der Waals surface area (Å²) < 4.78 is 6.65. The predicted molar refractivity (Wildman–Crippen MR) is 145 cm³/mol. The molecule has 2 aromatic carbocycles. The molecule has 8 heteroatoms. The standard InChI is InChI=1S/C27H33BrCl2N2O3/c1-3-18-13-14-25(21(28)15-18)35-17-26(33)32(16-20-22(29)11-8-12-23(20)30)24(4-2)27(34)31-19-9-6-5-7-10-19/h8,11-15,19,24H,3-7,9-10,16-17H2,1-2H3,(H,31,34)/t24-/m0/s1. The second kappa shape index (κ2) is 13.5. The molecule has 0 aromatic heterocycles. The highest BCUT2D eigenvalue weighted by atomic mass is 79.9. The maximum absolute atomic E-state index is 13.5. The minimum Gasteiger partial charge on any atom is -0.483 e. The van der Waals surface area contributed by atoms with E-state index in [1.807, 2.05) is 25.1 Å². The van der Waals surface area contributed by atoms with Gasteiger partial charge >= 0.3 is 0 Å². The second-order valence-electron chi connectivity index (χ2n) is 8.90.